The second kappa shape index (κ2) is 5.13. The standard InChI is InChI=1S/C13H17N3O2S/c1-5-9-15-11(14-7(3)13(17)18)10-6(2)8(4)19-12(10)16-9/h7H,5H2,1-4H3,(H,17,18)(H,14,15,16). The number of carboxylic acid groups (broad SMARTS) is 1. The first-order valence-corrected chi connectivity index (χ1v) is 7.01. The molecular weight excluding hydrogens is 262 g/mol. The van der Waals surface area contributed by atoms with Crippen molar-refractivity contribution in [2.24, 2.45) is 0 Å². The van der Waals surface area contributed by atoms with Gasteiger partial charge < -0.3 is 10.4 Å². The van der Waals surface area contributed by atoms with Crippen molar-refractivity contribution in [3.63, 3.8) is 0 Å². The van der Waals surface area contributed by atoms with Crippen LogP contribution in [0.2, 0.25) is 0 Å². The molecule has 0 fully saturated rings. The molecule has 0 saturated carbocycles. The molecule has 0 aliphatic heterocycles. The summed E-state index contributed by atoms with van der Waals surface area (Å²) in [6, 6.07) is -0.678. The molecule has 2 aromatic heterocycles. The lowest BCUT2D eigenvalue weighted by molar-refractivity contribution is -0.137. The monoisotopic (exact) mass is 279 g/mol. The van der Waals surface area contributed by atoms with Crippen molar-refractivity contribution in [2.45, 2.75) is 40.2 Å². The van der Waals surface area contributed by atoms with Gasteiger partial charge in [-0.15, -0.1) is 11.3 Å². The van der Waals surface area contributed by atoms with Gasteiger partial charge in [-0.05, 0) is 26.3 Å². The summed E-state index contributed by atoms with van der Waals surface area (Å²) in [5.74, 6) is 0.460. The van der Waals surface area contributed by atoms with Crippen molar-refractivity contribution in [3.8, 4) is 0 Å². The van der Waals surface area contributed by atoms with E-state index in [0.717, 1.165) is 28.0 Å². The lowest BCUT2D eigenvalue weighted by Gasteiger charge is -2.12. The molecule has 0 radical (unpaired) electrons. The molecule has 0 aliphatic carbocycles. The molecule has 0 aliphatic rings. The third kappa shape index (κ3) is 2.53. The Labute approximate surface area is 115 Å². The summed E-state index contributed by atoms with van der Waals surface area (Å²) in [6.45, 7) is 7.65. The lowest BCUT2D eigenvalue weighted by atomic mass is 10.2. The maximum atomic E-state index is 11.0. The Kier molecular flexibility index (Phi) is 3.71. The van der Waals surface area contributed by atoms with E-state index < -0.39 is 12.0 Å². The Bertz CT molecular complexity index is 636. The summed E-state index contributed by atoms with van der Waals surface area (Å²) in [7, 11) is 0. The van der Waals surface area contributed by atoms with Gasteiger partial charge in [0.15, 0.2) is 0 Å². The molecule has 2 aromatic rings. The number of nitrogens with zero attached hydrogens (tertiary/aromatic N) is 2. The topological polar surface area (TPSA) is 75.1 Å². The predicted molar refractivity (Wildman–Crippen MR) is 77.0 cm³/mol. The molecule has 2 rings (SSSR count). The van der Waals surface area contributed by atoms with E-state index in [1.807, 2.05) is 20.8 Å². The summed E-state index contributed by atoms with van der Waals surface area (Å²) >= 11 is 1.62. The van der Waals surface area contributed by atoms with E-state index in [1.54, 1.807) is 18.3 Å². The number of aryl methyl sites for hydroxylation is 3. The molecule has 6 heteroatoms. The van der Waals surface area contributed by atoms with Gasteiger partial charge >= 0.3 is 5.97 Å². The van der Waals surface area contributed by atoms with Crippen LogP contribution in [-0.2, 0) is 11.2 Å². The molecule has 0 aromatic carbocycles. The first kappa shape index (κ1) is 13.7. The SMILES string of the molecule is CCc1nc(NC(C)C(=O)O)c2c(C)c(C)sc2n1. The Morgan fingerprint density at radius 2 is 2.11 bits per heavy atom. The van der Waals surface area contributed by atoms with Gasteiger partial charge in [-0.25, -0.2) is 9.97 Å². The number of anilines is 1. The van der Waals surface area contributed by atoms with E-state index in [9.17, 15) is 4.79 Å². The van der Waals surface area contributed by atoms with E-state index in [0.29, 0.717) is 5.82 Å². The van der Waals surface area contributed by atoms with Crippen LogP contribution in [0.15, 0.2) is 0 Å². The normalized spacial score (nSPS) is 12.6. The molecule has 0 bridgehead atoms. The van der Waals surface area contributed by atoms with Crippen LogP contribution in [0.25, 0.3) is 10.2 Å². The number of carbonyl (C=O) groups is 1. The molecule has 0 saturated heterocycles. The average molecular weight is 279 g/mol. The molecule has 102 valence electrons. The van der Waals surface area contributed by atoms with Crippen LogP contribution in [0.5, 0.6) is 0 Å². The molecule has 1 unspecified atom stereocenters. The fourth-order valence-electron chi connectivity index (χ4n) is 1.82. The summed E-state index contributed by atoms with van der Waals surface area (Å²) in [5.41, 5.74) is 1.11. The van der Waals surface area contributed by atoms with Crippen LogP contribution in [0.3, 0.4) is 0 Å². The highest BCUT2D eigenvalue weighted by Crippen LogP contribution is 2.33. The van der Waals surface area contributed by atoms with Crippen molar-refractivity contribution in [3.05, 3.63) is 16.3 Å². The number of aliphatic carboxylic acids is 1. The summed E-state index contributed by atoms with van der Waals surface area (Å²) in [5, 5.41) is 12.9. The maximum Gasteiger partial charge on any atom is 0.325 e. The molecule has 5 nitrogen and oxygen atoms in total. The second-order valence-electron chi connectivity index (χ2n) is 4.51. The van der Waals surface area contributed by atoms with Crippen LogP contribution in [-0.4, -0.2) is 27.1 Å². The van der Waals surface area contributed by atoms with E-state index in [4.69, 9.17) is 5.11 Å². The van der Waals surface area contributed by atoms with Gasteiger partial charge in [0, 0.05) is 11.3 Å². The summed E-state index contributed by atoms with van der Waals surface area (Å²) in [4.78, 5) is 22.0. The van der Waals surface area contributed by atoms with Crippen molar-refractivity contribution in [1.82, 2.24) is 9.97 Å². The zero-order chi connectivity index (χ0) is 14.2. The number of hydrogen-bond donors (Lipinski definition) is 2. The smallest absolute Gasteiger partial charge is 0.325 e. The van der Waals surface area contributed by atoms with Gasteiger partial charge in [0.2, 0.25) is 0 Å². The van der Waals surface area contributed by atoms with E-state index in [-0.39, 0.29) is 0 Å². The predicted octanol–water partition coefficient (Wildman–Crippen LogP) is 2.76. The van der Waals surface area contributed by atoms with Crippen LogP contribution < -0.4 is 5.32 Å². The third-order valence-corrected chi connectivity index (χ3v) is 4.22. The van der Waals surface area contributed by atoms with E-state index >= 15 is 0 Å². The Balaban J connectivity index is 2.59. The molecular formula is C13H17N3O2S. The lowest BCUT2D eigenvalue weighted by Crippen LogP contribution is -2.26. The molecule has 0 amide bonds. The number of aromatic nitrogens is 2. The number of nitrogens with one attached hydrogen (secondary N) is 1. The van der Waals surface area contributed by atoms with Crippen molar-refractivity contribution < 1.29 is 9.90 Å². The molecule has 19 heavy (non-hydrogen) atoms. The quantitative estimate of drug-likeness (QED) is 0.900. The zero-order valence-electron chi connectivity index (χ0n) is 11.4. The fraction of sp³-hybridized carbons (Fsp3) is 0.462. The van der Waals surface area contributed by atoms with Gasteiger partial charge in [-0.1, -0.05) is 6.92 Å². The summed E-state index contributed by atoms with van der Waals surface area (Å²) in [6.07, 6.45) is 0.724. The van der Waals surface area contributed by atoms with Gasteiger partial charge in [0.05, 0.1) is 5.39 Å². The van der Waals surface area contributed by atoms with Crippen molar-refractivity contribution >= 4 is 33.3 Å². The first-order valence-electron chi connectivity index (χ1n) is 6.20. The number of carboxylic acids is 1. The zero-order valence-corrected chi connectivity index (χ0v) is 12.3. The molecule has 2 heterocycles. The van der Waals surface area contributed by atoms with Gasteiger partial charge in [-0.2, -0.15) is 0 Å². The van der Waals surface area contributed by atoms with E-state index in [2.05, 4.69) is 15.3 Å². The fourth-order valence-corrected chi connectivity index (χ4v) is 2.87. The van der Waals surface area contributed by atoms with Crippen LogP contribution in [0, 0.1) is 13.8 Å². The number of thiophene rings is 1. The Hall–Kier alpha value is -1.69. The largest absolute Gasteiger partial charge is 0.480 e. The minimum absolute atomic E-state index is 0.624. The van der Waals surface area contributed by atoms with Crippen molar-refractivity contribution in [1.29, 1.82) is 0 Å². The highest BCUT2D eigenvalue weighted by atomic mass is 32.1. The highest BCUT2D eigenvalue weighted by molar-refractivity contribution is 7.18. The average Bonchev–Trinajstić information content (AvgIpc) is 2.64. The van der Waals surface area contributed by atoms with Crippen LogP contribution >= 0.6 is 11.3 Å². The third-order valence-electron chi connectivity index (χ3n) is 3.11. The maximum absolute atomic E-state index is 11.0. The molecule has 0 spiro atoms. The first-order chi connectivity index (χ1) is 8.93. The molecule has 2 N–H and O–H groups in total. The van der Waals surface area contributed by atoms with Gasteiger partial charge in [0.1, 0.15) is 22.5 Å². The van der Waals surface area contributed by atoms with E-state index in [1.165, 1.54) is 4.88 Å². The minimum Gasteiger partial charge on any atom is -0.480 e. The van der Waals surface area contributed by atoms with Gasteiger partial charge in [-0.3, -0.25) is 4.79 Å². The van der Waals surface area contributed by atoms with Crippen LogP contribution in [0.4, 0.5) is 5.82 Å². The van der Waals surface area contributed by atoms with Gasteiger partial charge in [0.25, 0.3) is 0 Å². The molecule has 1 atom stereocenters. The Morgan fingerprint density at radius 1 is 1.42 bits per heavy atom. The number of rotatable bonds is 4. The minimum atomic E-state index is -0.894. The summed E-state index contributed by atoms with van der Waals surface area (Å²) < 4.78 is 0. The number of hydrogen-bond acceptors (Lipinski definition) is 5. The number of fused-ring (bicyclic) bond motifs is 1. The second-order valence-corrected chi connectivity index (χ2v) is 5.71. The van der Waals surface area contributed by atoms with Crippen LogP contribution in [0.1, 0.15) is 30.1 Å². The highest BCUT2D eigenvalue weighted by Gasteiger charge is 2.18. The van der Waals surface area contributed by atoms with Crippen molar-refractivity contribution in [2.75, 3.05) is 5.32 Å². The Morgan fingerprint density at radius 3 is 2.68 bits per heavy atom.